The SMILES string of the molecule is COc1ccc(N2CCOCC2)c2sc(NC(=O)CCc3ccc(C(=O)O)cc3)nc12. The molecule has 0 bridgehead atoms. The largest absolute Gasteiger partial charge is 0.494 e. The molecule has 1 fully saturated rings. The highest BCUT2D eigenvalue weighted by Crippen LogP contribution is 2.39. The van der Waals surface area contributed by atoms with E-state index in [1.807, 2.05) is 12.1 Å². The smallest absolute Gasteiger partial charge is 0.335 e. The summed E-state index contributed by atoms with van der Waals surface area (Å²) in [5.41, 5.74) is 2.93. The summed E-state index contributed by atoms with van der Waals surface area (Å²) in [6.07, 6.45) is 0.786. The predicted octanol–water partition coefficient (Wildman–Crippen LogP) is 3.41. The van der Waals surface area contributed by atoms with Gasteiger partial charge in [-0.25, -0.2) is 9.78 Å². The number of morpholine rings is 1. The number of carboxylic acid groups (broad SMARTS) is 1. The molecule has 9 heteroatoms. The van der Waals surface area contributed by atoms with Crippen molar-refractivity contribution in [3.63, 3.8) is 0 Å². The third-order valence-electron chi connectivity index (χ3n) is 5.15. The third-order valence-corrected chi connectivity index (χ3v) is 6.14. The van der Waals surface area contributed by atoms with Crippen LogP contribution in [0.5, 0.6) is 5.75 Å². The Balaban J connectivity index is 1.47. The Kier molecular flexibility index (Phi) is 6.34. The van der Waals surface area contributed by atoms with Crippen molar-refractivity contribution in [2.75, 3.05) is 43.6 Å². The lowest BCUT2D eigenvalue weighted by Gasteiger charge is -2.29. The van der Waals surface area contributed by atoms with Crippen LogP contribution in [-0.4, -0.2) is 55.4 Å². The second-order valence-electron chi connectivity index (χ2n) is 7.13. The Morgan fingerprint density at radius 2 is 1.94 bits per heavy atom. The molecule has 1 aliphatic rings. The zero-order valence-corrected chi connectivity index (χ0v) is 17.9. The highest BCUT2D eigenvalue weighted by atomic mass is 32.1. The minimum atomic E-state index is -0.966. The van der Waals surface area contributed by atoms with Crippen LogP contribution in [-0.2, 0) is 16.0 Å². The van der Waals surface area contributed by atoms with Gasteiger partial charge in [-0.3, -0.25) is 4.79 Å². The van der Waals surface area contributed by atoms with Gasteiger partial charge in [0.2, 0.25) is 5.91 Å². The van der Waals surface area contributed by atoms with E-state index in [4.69, 9.17) is 14.6 Å². The quantitative estimate of drug-likeness (QED) is 0.579. The number of amides is 1. The molecule has 3 aromatic rings. The van der Waals surface area contributed by atoms with Gasteiger partial charge in [-0.2, -0.15) is 0 Å². The van der Waals surface area contributed by atoms with Gasteiger partial charge in [-0.15, -0.1) is 0 Å². The second kappa shape index (κ2) is 9.32. The van der Waals surface area contributed by atoms with Crippen molar-refractivity contribution in [1.82, 2.24) is 4.98 Å². The number of ether oxygens (including phenoxy) is 2. The van der Waals surface area contributed by atoms with Gasteiger partial charge in [0.05, 0.1) is 36.3 Å². The van der Waals surface area contributed by atoms with Crippen LogP contribution in [0.2, 0.25) is 0 Å². The molecule has 0 radical (unpaired) electrons. The monoisotopic (exact) mass is 441 g/mol. The molecular formula is C22H23N3O5S. The van der Waals surface area contributed by atoms with Crippen molar-refractivity contribution in [2.45, 2.75) is 12.8 Å². The van der Waals surface area contributed by atoms with Gasteiger partial charge < -0.3 is 24.8 Å². The van der Waals surface area contributed by atoms with Crippen LogP contribution in [0.3, 0.4) is 0 Å². The summed E-state index contributed by atoms with van der Waals surface area (Å²) in [7, 11) is 1.61. The molecule has 162 valence electrons. The lowest BCUT2D eigenvalue weighted by atomic mass is 10.1. The first-order valence-electron chi connectivity index (χ1n) is 9.97. The van der Waals surface area contributed by atoms with E-state index in [1.54, 1.807) is 31.4 Å². The van der Waals surface area contributed by atoms with Crippen LogP contribution in [0.25, 0.3) is 10.2 Å². The Morgan fingerprint density at radius 3 is 2.61 bits per heavy atom. The van der Waals surface area contributed by atoms with Crippen molar-refractivity contribution >= 4 is 44.2 Å². The summed E-state index contributed by atoms with van der Waals surface area (Å²) >= 11 is 1.43. The van der Waals surface area contributed by atoms with E-state index in [0.29, 0.717) is 30.5 Å². The Labute approximate surface area is 183 Å². The Hall–Kier alpha value is -3.17. The maximum atomic E-state index is 12.5. The lowest BCUT2D eigenvalue weighted by molar-refractivity contribution is -0.116. The number of anilines is 2. The molecular weight excluding hydrogens is 418 g/mol. The maximum absolute atomic E-state index is 12.5. The second-order valence-corrected chi connectivity index (χ2v) is 8.13. The van der Waals surface area contributed by atoms with E-state index < -0.39 is 5.97 Å². The van der Waals surface area contributed by atoms with Crippen LogP contribution >= 0.6 is 11.3 Å². The molecule has 0 unspecified atom stereocenters. The number of aryl methyl sites for hydroxylation is 1. The number of carbonyl (C=O) groups excluding carboxylic acids is 1. The number of rotatable bonds is 7. The highest BCUT2D eigenvalue weighted by Gasteiger charge is 2.20. The minimum absolute atomic E-state index is 0.145. The topological polar surface area (TPSA) is 101 Å². The number of aromatic carboxylic acids is 1. The van der Waals surface area contributed by atoms with E-state index in [-0.39, 0.29) is 17.9 Å². The molecule has 2 heterocycles. The van der Waals surface area contributed by atoms with Crippen molar-refractivity contribution in [2.24, 2.45) is 0 Å². The molecule has 2 aromatic carbocycles. The van der Waals surface area contributed by atoms with Crippen molar-refractivity contribution in [3.05, 3.63) is 47.5 Å². The van der Waals surface area contributed by atoms with Crippen molar-refractivity contribution in [3.8, 4) is 5.75 Å². The average Bonchev–Trinajstić information content (AvgIpc) is 3.21. The number of carbonyl (C=O) groups is 2. The van der Waals surface area contributed by atoms with Crippen LogP contribution in [0.15, 0.2) is 36.4 Å². The number of thiazole rings is 1. The molecule has 0 aliphatic carbocycles. The maximum Gasteiger partial charge on any atom is 0.335 e. The van der Waals surface area contributed by atoms with Crippen LogP contribution in [0.1, 0.15) is 22.3 Å². The van der Waals surface area contributed by atoms with E-state index in [0.717, 1.165) is 34.6 Å². The fourth-order valence-electron chi connectivity index (χ4n) is 3.50. The van der Waals surface area contributed by atoms with Crippen LogP contribution < -0.4 is 15.0 Å². The first-order chi connectivity index (χ1) is 15.0. The van der Waals surface area contributed by atoms with Crippen LogP contribution in [0, 0.1) is 0 Å². The number of hydrogen-bond acceptors (Lipinski definition) is 7. The Bertz CT molecular complexity index is 1090. The van der Waals surface area contributed by atoms with E-state index in [1.165, 1.54) is 11.3 Å². The highest BCUT2D eigenvalue weighted by molar-refractivity contribution is 7.23. The van der Waals surface area contributed by atoms with E-state index in [2.05, 4.69) is 15.2 Å². The van der Waals surface area contributed by atoms with Crippen molar-refractivity contribution in [1.29, 1.82) is 0 Å². The molecule has 1 amide bonds. The van der Waals surface area contributed by atoms with Crippen LogP contribution in [0.4, 0.5) is 10.8 Å². The summed E-state index contributed by atoms with van der Waals surface area (Å²) < 4.78 is 11.9. The molecule has 0 spiro atoms. The van der Waals surface area contributed by atoms with Gasteiger partial charge in [0.25, 0.3) is 0 Å². The predicted molar refractivity (Wildman–Crippen MR) is 120 cm³/mol. The first-order valence-corrected chi connectivity index (χ1v) is 10.8. The van der Waals surface area contributed by atoms with E-state index in [9.17, 15) is 9.59 Å². The fraction of sp³-hybridized carbons (Fsp3) is 0.318. The third kappa shape index (κ3) is 4.78. The molecule has 1 aliphatic heterocycles. The molecule has 8 nitrogen and oxygen atoms in total. The molecule has 1 aromatic heterocycles. The summed E-state index contributed by atoms with van der Waals surface area (Å²) in [5, 5.41) is 12.4. The van der Waals surface area contributed by atoms with Crippen molar-refractivity contribution < 1.29 is 24.2 Å². The first kappa shape index (κ1) is 21.1. The number of fused-ring (bicyclic) bond motifs is 1. The number of hydrogen-bond donors (Lipinski definition) is 2. The average molecular weight is 442 g/mol. The van der Waals surface area contributed by atoms with Gasteiger partial charge in [0, 0.05) is 19.5 Å². The van der Waals surface area contributed by atoms with Gasteiger partial charge in [-0.05, 0) is 36.2 Å². The molecule has 0 atom stereocenters. The van der Waals surface area contributed by atoms with Gasteiger partial charge >= 0.3 is 5.97 Å². The number of methoxy groups -OCH3 is 1. The summed E-state index contributed by atoms with van der Waals surface area (Å²) in [5.74, 6) is -0.442. The lowest BCUT2D eigenvalue weighted by Crippen LogP contribution is -2.36. The van der Waals surface area contributed by atoms with Gasteiger partial charge in [0.15, 0.2) is 5.13 Å². The molecule has 2 N–H and O–H groups in total. The fourth-order valence-corrected chi connectivity index (χ4v) is 4.53. The van der Waals surface area contributed by atoms with E-state index >= 15 is 0 Å². The zero-order valence-electron chi connectivity index (χ0n) is 17.1. The molecule has 31 heavy (non-hydrogen) atoms. The summed E-state index contributed by atoms with van der Waals surface area (Å²) in [6.45, 7) is 2.98. The summed E-state index contributed by atoms with van der Waals surface area (Å²) in [4.78, 5) is 30.3. The van der Waals surface area contributed by atoms with Gasteiger partial charge in [-0.1, -0.05) is 23.5 Å². The zero-order chi connectivity index (χ0) is 21.8. The Morgan fingerprint density at radius 1 is 1.19 bits per heavy atom. The number of nitrogens with one attached hydrogen (secondary N) is 1. The number of aromatic nitrogens is 1. The number of benzene rings is 2. The molecule has 1 saturated heterocycles. The number of carboxylic acids is 1. The normalized spacial score (nSPS) is 13.9. The number of nitrogens with zero attached hydrogens (tertiary/aromatic N) is 2. The molecule has 0 saturated carbocycles. The molecule has 4 rings (SSSR count). The minimum Gasteiger partial charge on any atom is -0.494 e. The summed E-state index contributed by atoms with van der Waals surface area (Å²) in [6, 6.07) is 10.5. The van der Waals surface area contributed by atoms with Gasteiger partial charge in [0.1, 0.15) is 11.3 Å². The standard InChI is InChI=1S/C22H23N3O5S/c1-29-17-8-7-16(25-10-12-30-13-11-25)20-19(17)24-22(31-20)23-18(26)9-4-14-2-5-15(6-3-14)21(27)28/h2-3,5-8H,4,9-13H2,1H3,(H,27,28)(H,23,24,26).